The number of aryl methyl sites for hydroxylation is 3. The highest BCUT2D eigenvalue weighted by molar-refractivity contribution is 6.51. The number of rotatable bonds is 4. The predicted octanol–water partition coefficient (Wildman–Crippen LogP) is 5.25. The van der Waals surface area contributed by atoms with Crippen molar-refractivity contribution in [1.82, 2.24) is 0 Å². The molecule has 0 spiro atoms. The number of aliphatic hydroxyl groups is 1. The van der Waals surface area contributed by atoms with E-state index in [1.807, 2.05) is 81.4 Å². The minimum Gasteiger partial charge on any atom is -0.507 e. The Labute approximate surface area is 187 Å². The van der Waals surface area contributed by atoms with Crippen molar-refractivity contribution in [3.63, 3.8) is 0 Å². The molecule has 3 aromatic carbocycles. The highest BCUT2D eigenvalue weighted by Crippen LogP contribution is 2.42. The largest absolute Gasteiger partial charge is 0.507 e. The van der Waals surface area contributed by atoms with Gasteiger partial charge in [0.1, 0.15) is 11.5 Å². The molecule has 1 aliphatic heterocycles. The number of benzene rings is 3. The molecule has 0 radical (unpaired) electrons. The zero-order valence-corrected chi connectivity index (χ0v) is 18.5. The van der Waals surface area contributed by atoms with Gasteiger partial charge in [-0.25, -0.2) is 0 Å². The third kappa shape index (κ3) is 3.56. The van der Waals surface area contributed by atoms with Crippen molar-refractivity contribution in [3.05, 3.63) is 100 Å². The van der Waals surface area contributed by atoms with Crippen molar-refractivity contribution < 1.29 is 19.4 Å². The number of ketones is 1. The molecule has 1 amide bonds. The van der Waals surface area contributed by atoms with Crippen LogP contribution in [0.25, 0.3) is 5.76 Å². The Hall–Kier alpha value is -3.86. The Morgan fingerprint density at radius 3 is 2.19 bits per heavy atom. The standard InChI is InChI=1S/C27H25NO4/c1-16-10-12-20(13-11-16)28-24(19-8-6-5-7-9-19)23(26(30)27(28)31)25(29)21-14-18(3)22(32-4)15-17(21)2/h5-15,24,29H,1-4H3/b25-23+. The first-order valence-corrected chi connectivity index (χ1v) is 10.4. The number of carbonyl (C=O) groups excluding carboxylic acids is 2. The highest BCUT2D eigenvalue weighted by Gasteiger charge is 2.47. The van der Waals surface area contributed by atoms with Crippen LogP contribution in [0, 0.1) is 20.8 Å². The van der Waals surface area contributed by atoms with Crippen LogP contribution in [0.2, 0.25) is 0 Å². The van der Waals surface area contributed by atoms with Crippen LogP contribution in [-0.4, -0.2) is 23.9 Å². The van der Waals surface area contributed by atoms with E-state index < -0.39 is 17.7 Å². The molecule has 0 bridgehead atoms. The van der Waals surface area contributed by atoms with Gasteiger partial charge in [-0.2, -0.15) is 0 Å². The molecule has 5 heteroatoms. The first-order chi connectivity index (χ1) is 15.3. The zero-order chi connectivity index (χ0) is 23.0. The maximum atomic E-state index is 13.2. The Morgan fingerprint density at radius 1 is 0.906 bits per heavy atom. The van der Waals surface area contributed by atoms with Crippen molar-refractivity contribution >= 4 is 23.1 Å². The van der Waals surface area contributed by atoms with Gasteiger partial charge in [0.15, 0.2) is 0 Å². The number of ether oxygens (including phenoxy) is 1. The molecular weight excluding hydrogens is 402 g/mol. The number of aliphatic hydroxyl groups excluding tert-OH is 1. The van der Waals surface area contributed by atoms with Crippen molar-refractivity contribution in [1.29, 1.82) is 0 Å². The van der Waals surface area contributed by atoms with E-state index in [1.54, 1.807) is 13.2 Å². The van der Waals surface area contributed by atoms with E-state index in [0.717, 1.165) is 22.3 Å². The average Bonchev–Trinajstić information content (AvgIpc) is 3.06. The molecule has 3 aromatic rings. The van der Waals surface area contributed by atoms with Gasteiger partial charge in [0.2, 0.25) is 0 Å². The Bertz CT molecular complexity index is 1230. The van der Waals surface area contributed by atoms with Gasteiger partial charge in [-0.05, 0) is 61.7 Å². The van der Waals surface area contributed by atoms with Crippen molar-refractivity contribution in [2.75, 3.05) is 12.0 Å². The fourth-order valence-electron chi connectivity index (χ4n) is 4.16. The summed E-state index contributed by atoms with van der Waals surface area (Å²) in [4.78, 5) is 27.9. The van der Waals surface area contributed by atoms with Gasteiger partial charge >= 0.3 is 0 Å². The molecule has 1 heterocycles. The van der Waals surface area contributed by atoms with Gasteiger partial charge in [-0.1, -0.05) is 48.0 Å². The van der Waals surface area contributed by atoms with Gasteiger partial charge in [0, 0.05) is 11.3 Å². The lowest BCUT2D eigenvalue weighted by atomic mass is 9.93. The number of methoxy groups -OCH3 is 1. The van der Waals surface area contributed by atoms with Crippen LogP contribution < -0.4 is 9.64 Å². The molecule has 1 N–H and O–H groups in total. The molecule has 1 aliphatic rings. The third-order valence-electron chi connectivity index (χ3n) is 5.87. The highest BCUT2D eigenvalue weighted by atomic mass is 16.5. The Kier molecular flexibility index (Phi) is 5.57. The van der Waals surface area contributed by atoms with E-state index in [1.165, 1.54) is 4.90 Å². The molecule has 0 aliphatic carbocycles. The Morgan fingerprint density at radius 2 is 1.56 bits per heavy atom. The maximum Gasteiger partial charge on any atom is 0.300 e. The summed E-state index contributed by atoms with van der Waals surface area (Å²) < 4.78 is 5.37. The number of hydrogen-bond acceptors (Lipinski definition) is 4. The number of nitrogens with zero attached hydrogens (tertiary/aromatic N) is 1. The van der Waals surface area contributed by atoms with E-state index in [-0.39, 0.29) is 11.3 Å². The van der Waals surface area contributed by atoms with Gasteiger partial charge < -0.3 is 9.84 Å². The fraction of sp³-hybridized carbons (Fsp3) is 0.185. The molecular formula is C27H25NO4. The lowest BCUT2D eigenvalue weighted by Gasteiger charge is -2.25. The van der Waals surface area contributed by atoms with Gasteiger partial charge in [-0.3, -0.25) is 14.5 Å². The second-order valence-corrected chi connectivity index (χ2v) is 8.05. The van der Waals surface area contributed by atoms with Gasteiger partial charge in [0.25, 0.3) is 11.7 Å². The van der Waals surface area contributed by atoms with Crippen LogP contribution >= 0.6 is 0 Å². The summed E-state index contributed by atoms with van der Waals surface area (Å²) in [5, 5.41) is 11.4. The third-order valence-corrected chi connectivity index (χ3v) is 5.87. The maximum absolute atomic E-state index is 13.2. The minimum atomic E-state index is -0.735. The molecule has 32 heavy (non-hydrogen) atoms. The summed E-state index contributed by atoms with van der Waals surface area (Å²) in [6.45, 7) is 5.67. The van der Waals surface area contributed by atoms with Crippen LogP contribution in [0.1, 0.15) is 33.9 Å². The SMILES string of the molecule is COc1cc(C)c(/C(O)=C2\C(=O)C(=O)N(c3ccc(C)cc3)C2c2ccccc2)cc1C. The summed E-state index contributed by atoms with van der Waals surface area (Å²) in [5.74, 6) is -0.856. The quantitative estimate of drug-likeness (QED) is 0.351. The normalized spacial score (nSPS) is 17.6. The first-order valence-electron chi connectivity index (χ1n) is 10.4. The van der Waals surface area contributed by atoms with Crippen molar-refractivity contribution in [3.8, 4) is 5.75 Å². The zero-order valence-electron chi connectivity index (χ0n) is 18.5. The monoisotopic (exact) mass is 427 g/mol. The summed E-state index contributed by atoms with van der Waals surface area (Å²) >= 11 is 0. The molecule has 162 valence electrons. The summed E-state index contributed by atoms with van der Waals surface area (Å²) in [6, 6.07) is 19.6. The summed E-state index contributed by atoms with van der Waals surface area (Å²) in [7, 11) is 1.59. The molecule has 1 atom stereocenters. The lowest BCUT2D eigenvalue weighted by Crippen LogP contribution is -2.29. The molecule has 1 fully saturated rings. The van der Waals surface area contributed by atoms with Crippen LogP contribution in [0.15, 0.2) is 72.3 Å². The molecule has 1 saturated heterocycles. The topological polar surface area (TPSA) is 66.8 Å². The number of Topliss-reactive ketones (excluding diaryl/α,β-unsaturated/α-hetero) is 1. The second kappa shape index (κ2) is 8.35. The van der Waals surface area contributed by atoms with Crippen LogP contribution in [-0.2, 0) is 9.59 Å². The van der Waals surface area contributed by atoms with E-state index >= 15 is 0 Å². The van der Waals surface area contributed by atoms with Crippen LogP contribution in [0.3, 0.4) is 0 Å². The van der Waals surface area contributed by atoms with Crippen LogP contribution in [0.5, 0.6) is 5.75 Å². The molecule has 1 unspecified atom stereocenters. The molecule has 4 rings (SSSR count). The van der Waals surface area contributed by atoms with Gasteiger partial charge in [-0.15, -0.1) is 0 Å². The van der Waals surface area contributed by atoms with Gasteiger partial charge in [0.05, 0.1) is 18.7 Å². The van der Waals surface area contributed by atoms with E-state index in [0.29, 0.717) is 17.0 Å². The number of hydrogen-bond donors (Lipinski definition) is 1. The lowest BCUT2D eigenvalue weighted by molar-refractivity contribution is -0.132. The number of anilines is 1. The molecule has 0 saturated carbocycles. The number of amides is 1. The summed E-state index contributed by atoms with van der Waals surface area (Å²) in [5.41, 5.74) is 4.55. The van der Waals surface area contributed by atoms with Crippen LogP contribution in [0.4, 0.5) is 5.69 Å². The van der Waals surface area contributed by atoms with E-state index in [4.69, 9.17) is 4.74 Å². The molecule has 5 nitrogen and oxygen atoms in total. The number of carbonyl (C=O) groups is 2. The Balaban J connectivity index is 1.96. The minimum absolute atomic E-state index is 0.0782. The van der Waals surface area contributed by atoms with E-state index in [2.05, 4.69) is 0 Å². The van der Waals surface area contributed by atoms with E-state index in [9.17, 15) is 14.7 Å². The fourth-order valence-corrected chi connectivity index (χ4v) is 4.16. The smallest absolute Gasteiger partial charge is 0.300 e. The van der Waals surface area contributed by atoms with Crippen molar-refractivity contribution in [2.24, 2.45) is 0 Å². The molecule has 0 aromatic heterocycles. The average molecular weight is 428 g/mol. The second-order valence-electron chi connectivity index (χ2n) is 8.05. The first kappa shape index (κ1) is 21.4. The van der Waals surface area contributed by atoms with Crippen molar-refractivity contribution in [2.45, 2.75) is 26.8 Å². The summed E-state index contributed by atoms with van der Waals surface area (Å²) in [6.07, 6.45) is 0. The predicted molar refractivity (Wildman–Crippen MR) is 125 cm³/mol.